The normalized spacial score (nSPS) is 13.3. The molecule has 0 aliphatic rings. The predicted molar refractivity (Wildman–Crippen MR) is 423 cm³/mol. The number of phosphoric acid groups is 1. The molecule has 10 heteroatoms. The van der Waals surface area contributed by atoms with Gasteiger partial charge in [-0.25, -0.2) is 4.57 Å². The van der Waals surface area contributed by atoms with Gasteiger partial charge in [0.15, 0.2) is 6.10 Å². The highest BCUT2D eigenvalue weighted by Crippen LogP contribution is 2.43. The second kappa shape index (κ2) is 77.6. The standard InChI is InChI=1S/C87H162NO8P/c1-6-8-10-12-14-16-18-20-22-24-26-28-30-32-34-36-38-40-42-43-44-46-47-49-51-53-55-57-59-61-63-65-67-69-71-73-75-77-79-86(89)93-83-85(84-95-97(91,92)94-82-81-88(3,4)5)96-87(90)80-78-76-74-72-70-68-66-64-62-60-58-56-54-52-50-48-45-41-39-37-35-33-31-29-27-25-23-21-19-17-15-13-11-9-7-2/h9,11,15,17,21,23,27,29,33,35,39,41,85H,6-8,10,12-14,16,18-20,22,24-26,28,30-32,34,36-38,40,42-84H2,1-5H3/p+1/b11-9-,17-15-,23-21-,29-27-,35-33-,41-39-. The maximum absolute atomic E-state index is 12.9. The van der Waals surface area contributed by atoms with E-state index in [4.69, 9.17) is 18.5 Å². The van der Waals surface area contributed by atoms with Crippen LogP contribution < -0.4 is 0 Å². The molecule has 0 saturated heterocycles. The molecular weight excluding hydrogens is 1220 g/mol. The minimum Gasteiger partial charge on any atom is -0.462 e. The SMILES string of the molecule is CC/C=C\C/C=C\C/C=C\C/C=C\C/C=C\C/C=C\CCCCCCCCCCCCCCCCCCC(=O)OC(COC(=O)CCCCCCCCCCCCCCCCCCCCCCCCCCCCCCCCCCCCCCCC)COP(=O)(O)OCC[N+](C)(C)C. The van der Waals surface area contributed by atoms with Crippen LogP contribution in [0, 0.1) is 0 Å². The maximum atomic E-state index is 12.9. The van der Waals surface area contributed by atoms with E-state index in [2.05, 4.69) is 86.8 Å². The van der Waals surface area contributed by atoms with Crippen LogP contribution in [0.5, 0.6) is 0 Å². The van der Waals surface area contributed by atoms with Gasteiger partial charge in [0.2, 0.25) is 0 Å². The van der Waals surface area contributed by atoms with E-state index in [0.717, 1.165) is 70.6 Å². The maximum Gasteiger partial charge on any atom is 0.472 e. The second-order valence-electron chi connectivity index (χ2n) is 29.8. The number of likely N-dealkylation sites (N-methyl/N-ethyl adjacent to an activating group) is 1. The number of carbonyl (C=O) groups is 2. The van der Waals surface area contributed by atoms with Crippen LogP contribution in [-0.2, 0) is 32.7 Å². The minimum absolute atomic E-state index is 0.0327. The molecule has 0 amide bonds. The first-order chi connectivity index (χ1) is 47.5. The molecule has 0 radical (unpaired) electrons. The fourth-order valence-corrected chi connectivity index (χ4v) is 13.4. The van der Waals surface area contributed by atoms with Gasteiger partial charge in [0.05, 0.1) is 27.7 Å². The molecule has 0 rings (SSSR count). The first kappa shape index (κ1) is 94.5. The number of hydrogen-bond acceptors (Lipinski definition) is 7. The van der Waals surface area contributed by atoms with Crippen molar-refractivity contribution in [2.45, 2.75) is 424 Å². The highest BCUT2D eigenvalue weighted by Gasteiger charge is 2.27. The van der Waals surface area contributed by atoms with E-state index in [1.165, 1.54) is 315 Å². The van der Waals surface area contributed by atoms with Gasteiger partial charge in [-0.15, -0.1) is 0 Å². The van der Waals surface area contributed by atoms with Crippen molar-refractivity contribution in [3.8, 4) is 0 Å². The fraction of sp³-hybridized carbons (Fsp3) is 0.839. The lowest BCUT2D eigenvalue weighted by atomic mass is 10.0. The first-order valence-electron chi connectivity index (χ1n) is 42.2. The molecule has 9 nitrogen and oxygen atoms in total. The second-order valence-corrected chi connectivity index (χ2v) is 31.3. The molecule has 2 atom stereocenters. The van der Waals surface area contributed by atoms with Gasteiger partial charge in [-0.1, -0.05) is 414 Å². The van der Waals surface area contributed by atoms with Crippen molar-refractivity contribution < 1.29 is 42.1 Å². The molecule has 0 spiro atoms. The van der Waals surface area contributed by atoms with Crippen LogP contribution in [0.1, 0.15) is 418 Å². The summed E-state index contributed by atoms with van der Waals surface area (Å²) < 4.78 is 34.9. The molecule has 0 aromatic heterocycles. The van der Waals surface area contributed by atoms with Crippen molar-refractivity contribution in [3.63, 3.8) is 0 Å². The summed E-state index contributed by atoms with van der Waals surface area (Å²) in [5.41, 5.74) is 0. The van der Waals surface area contributed by atoms with Gasteiger partial charge in [0.25, 0.3) is 0 Å². The molecule has 2 unspecified atom stereocenters. The van der Waals surface area contributed by atoms with E-state index in [-0.39, 0.29) is 25.6 Å². The number of carbonyl (C=O) groups excluding carboxylic acids is 2. The number of hydrogen-bond donors (Lipinski definition) is 1. The summed E-state index contributed by atoms with van der Waals surface area (Å²) in [6.07, 6.45) is 106. The number of esters is 2. The predicted octanol–water partition coefficient (Wildman–Crippen LogP) is 28.2. The number of ether oxygens (including phenoxy) is 2. The molecule has 0 aliphatic carbocycles. The Morgan fingerprint density at radius 3 is 0.876 bits per heavy atom. The molecule has 0 heterocycles. The van der Waals surface area contributed by atoms with Crippen molar-refractivity contribution in [1.29, 1.82) is 0 Å². The quantitative estimate of drug-likeness (QED) is 0.0211. The average molecular weight is 1380 g/mol. The Bertz CT molecular complexity index is 1870. The zero-order valence-electron chi connectivity index (χ0n) is 65.1. The summed E-state index contributed by atoms with van der Waals surface area (Å²) in [5, 5.41) is 0. The molecule has 0 aliphatic heterocycles. The Kier molecular flexibility index (Phi) is 75.6. The number of nitrogens with zero attached hydrogens (tertiary/aromatic N) is 1. The van der Waals surface area contributed by atoms with Crippen LogP contribution in [0.3, 0.4) is 0 Å². The Morgan fingerprint density at radius 1 is 0.330 bits per heavy atom. The van der Waals surface area contributed by atoms with Crippen molar-refractivity contribution in [3.05, 3.63) is 72.9 Å². The van der Waals surface area contributed by atoms with E-state index in [1.807, 2.05) is 21.1 Å². The highest BCUT2D eigenvalue weighted by atomic mass is 31.2. The van der Waals surface area contributed by atoms with Gasteiger partial charge in [-0.3, -0.25) is 18.6 Å². The monoisotopic (exact) mass is 1380 g/mol. The third-order valence-corrected chi connectivity index (χ3v) is 20.0. The Morgan fingerprint density at radius 2 is 0.588 bits per heavy atom. The zero-order chi connectivity index (χ0) is 70.4. The number of rotatable bonds is 79. The lowest BCUT2D eigenvalue weighted by Crippen LogP contribution is -2.37. The smallest absolute Gasteiger partial charge is 0.462 e. The molecule has 0 saturated carbocycles. The number of allylic oxidation sites excluding steroid dienone is 12. The van der Waals surface area contributed by atoms with Crippen LogP contribution in [0.4, 0.5) is 0 Å². The lowest BCUT2D eigenvalue weighted by molar-refractivity contribution is -0.870. The van der Waals surface area contributed by atoms with Gasteiger partial charge in [-0.05, 0) is 64.2 Å². The van der Waals surface area contributed by atoms with Gasteiger partial charge in [0.1, 0.15) is 19.8 Å². The van der Waals surface area contributed by atoms with E-state index in [1.54, 1.807) is 0 Å². The van der Waals surface area contributed by atoms with Crippen LogP contribution in [0.25, 0.3) is 0 Å². The van der Waals surface area contributed by atoms with Crippen LogP contribution in [-0.4, -0.2) is 74.9 Å². The summed E-state index contributed by atoms with van der Waals surface area (Å²) in [7, 11) is 1.49. The fourth-order valence-electron chi connectivity index (χ4n) is 12.6. The van der Waals surface area contributed by atoms with Crippen molar-refractivity contribution >= 4 is 19.8 Å². The van der Waals surface area contributed by atoms with Crippen molar-refractivity contribution in [2.24, 2.45) is 0 Å². The molecule has 97 heavy (non-hydrogen) atoms. The Hall–Kier alpha value is -2.55. The highest BCUT2D eigenvalue weighted by molar-refractivity contribution is 7.47. The Balaban J connectivity index is 3.90. The summed E-state index contributed by atoms with van der Waals surface area (Å²) >= 11 is 0. The zero-order valence-corrected chi connectivity index (χ0v) is 66.0. The summed E-state index contributed by atoms with van der Waals surface area (Å²) in [4.78, 5) is 36.0. The van der Waals surface area contributed by atoms with Gasteiger partial charge in [0, 0.05) is 12.8 Å². The molecular formula is C87H163NO8P+. The van der Waals surface area contributed by atoms with E-state index in [9.17, 15) is 19.0 Å². The molecule has 0 bridgehead atoms. The molecule has 1 N–H and O–H groups in total. The third kappa shape index (κ3) is 82.3. The van der Waals surface area contributed by atoms with Crippen LogP contribution in [0.2, 0.25) is 0 Å². The number of quaternary nitrogens is 1. The van der Waals surface area contributed by atoms with Crippen LogP contribution >= 0.6 is 7.82 Å². The van der Waals surface area contributed by atoms with Gasteiger partial charge in [-0.2, -0.15) is 0 Å². The lowest BCUT2D eigenvalue weighted by Gasteiger charge is -2.24. The average Bonchev–Trinajstić information content (AvgIpc) is 1.69. The molecule has 0 aromatic rings. The minimum atomic E-state index is -4.40. The van der Waals surface area contributed by atoms with E-state index in [0.29, 0.717) is 23.9 Å². The topological polar surface area (TPSA) is 108 Å². The largest absolute Gasteiger partial charge is 0.472 e. The van der Waals surface area contributed by atoms with Gasteiger partial charge < -0.3 is 18.9 Å². The molecule has 568 valence electrons. The van der Waals surface area contributed by atoms with E-state index >= 15 is 0 Å². The summed E-state index contributed by atoms with van der Waals surface area (Å²) in [6, 6.07) is 0. The summed E-state index contributed by atoms with van der Waals surface area (Å²) in [5.74, 6) is -0.777. The van der Waals surface area contributed by atoms with Crippen molar-refractivity contribution in [2.75, 3.05) is 47.5 Å². The summed E-state index contributed by atoms with van der Waals surface area (Å²) in [6.45, 7) is 4.39. The van der Waals surface area contributed by atoms with Gasteiger partial charge >= 0.3 is 19.8 Å². The van der Waals surface area contributed by atoms with E-state index < -0.39 is 26.5 Å². The van der Waals surface area contributed by atoms with Crippen LogP contribution in [0.15, 0.2) is 72.9 Å². The first-order valence-corrected chi connectivity index (χ1v) is 43.7. The third-order valence-electron chi connectivity index (χ3n) is 19.0. The Labute approximate surface area is 603 Å². The number of phosphoric ester groups is 1. The van der Waals surface area contributed by atoms with Crippen molar-refractivity contribution in [1.82, 2.24) is 0 Å². The number of unbranched alkanes of at least 4 members (excludes halogenated alkanes) is 53. The molecule has 0 fully saturated rings. The molecule has 0 aromatic carbocycles.